The zero-order chi connectivity index (χ0) is 29.0. The summed E-state index contributed by atoms with van der Waals surface area (Å²) in [5, 5.41) is 5.33. The average molecular weight is 563 g/mol. The summed E-state index contributed by atoms with van der Waals surface area (Å²) in [6.07, 6.45) is 0.213. The number of carbonyl (C=O) groups is 2. The highest BCUT2D eigenvalue weighted by Crippen LogP contribution is 2.34. The molecule has 0 spiro atoms. The van der Waals surface area contributed by atoms with Crippen LogP contribution in [0, 0.1) is 17.8 Å². The minimum atomic E-state index is -4.60. The quantitative estimate of drug-likeness (QED) is 0.437. The predicted octanol–water partition coefficient (Wildman–Crippen LogP) is 4.24. The molecule has 2 amide bonds. The van der Waals surface area contributed by atoms with Crippen LogP contribution < -0.4 is 10.6 Å². The van der Waals surface area contributed by atoms with Gasteiger partial charge in [0.15, 0.2) is 0 Å². The maximum Gasteiger partial charge on any atom is 0.416 e. The molecule has 2 aromatic heterocycles. The Labute approximate surface area is 236 Å². The molecule has 5 rings (SSSR count). The summed E-state index contributed by atoms with van der Waals surface area (Å²) in [6, 6.07) is 10.3. The number of alkyl halides is 3. The van der Waals surface area contributed by atoms with Gasteiger partial charge >= 0.3 is 6.18 Å². The minimum absolute atomic E-state index is 0.0288. The van der Waals surface area contributed by atoms with Crippen molar-refractivity contribution in [3.05, 3.63) is 82.7 Å². The molecular formula is C30H29F3N6O2. The van der Waals surface area contributed by atoms with Crippen LogP contribution in [-0.2, 0) is 17.5 Å². The third-order valence-electron chi connectivity index (χ3n) is 6.98. The Kier molecular flexibility index (Phi) is 8.33. The van der Waals surface area contributed by atoms with Crippen LogP contribution in [0.15, 0.2) is 54.9 Å². The van der Waals surface area contributed by atoms with Gasteiger partial charge in [-0.25, -0.2) is 9.97 Å². The van der Waals surface area contributed by atoms with Gasteiger partial charge in [0, 0.05) is 67.7 Å². The Morgan fingerprint density at radius 2 is 1.68 bits per heavy atom. The number of aromatic nitrogens is 2. The number of amides is 2. The number of carbonyl (C=O) groups excluding carboxylic acids is 2. The van der Waals surface area contributed by atoms with E-state index < -0.39 is 17.6 Å². The monoisotopic (exact) mass is 562 g/mol. The van der Waals surface area contributed by atoms with Crippen LogP contribution >= 0.6 is 0 Å². The van der Waals surface area contributed by atoms with Crippen molar-refractivity contribution in [2.45, 2.75) is 25.6 Å². The number of likely N-dealkylation sites (N-methyl/N-ethyl adjacent to an activating group) is 1. The highest BCUT2D eigenvalue weighted by molar-refractivity contribution is 6.04. The molecule has 2 aliphatic rings. The lowest BCUT2D eigenvalue weighted by Gasteiger charge is -2.33. The van der Waals surface area contributed by atoms with Crippen molar-refractivity contribution in [2.24, 2.45) is 5.92 Å². The third-order valence-corrected chi connectivity index (χ3v) is 6.98. The fourth-order valence-corrected chi connectivity index (χ4v) is 4.39. The standard InChI is InChI=1S/C30H29F3N6O2/c1-38-12-14-39(15-13-38)19-24-8-7-23(17-25(24)30(31,32)33)29(41)37-27-16-20(10-11-34-27)2-3-21-4-9-26(35-18-21)36-28(40)22-5-6-22/h4,7-11,16-18,22H,5-6,12-15,19H2,1H3,(H,34,37,41)(H,35,36,40). The van der Waals surface area contributed by atoms with Gasteiger partial charge in [-0.2, -0.15) is 13.2 Å². The maximum absolute atomic E-state index is 13.9. The molecule has 8 nitrogen and oxygen atoms in total. The Morgan fingerprint density at radius 1 is 0.927 bits per heavy atom. The van der Waals surface area contributed by atoms with Gasteiger partial charge in [0.05, 0.1) is 5.56 Å². The van der Waals surface area contributed by atoms with Gasteiger partial charge in [0.25, 0.3) is 5.91 Å². The number of hydrogen-bond donors (Lipinski definition) is 2. The van der Waals surface area contributed by atoms with Crippen LogP contribution in [0.25, 0.3) is 0 Å². The topological polar surface area (TPSA) is 90.5 Å². The van der Waals surface area contributed by atoms with E-state index in [0.29, 0.717) is 30.0 Å². The molecule has 0 atom stereocenters. The fourth-order valence-electron chi connectivity index (χ4n) is 4.39. The first-order chi connectivity index (χ1) is 19.6. The van der Waals surface area contributed by atoms with Crippen LogP contribution in [-0.4, -0.2) is 64.8 Å². The van der Waals surface area contributed by atoms with Crippen LogP contribution in [0.1, 0.15) is 45.5 Å². The van der Waals surface area contributed by atoms with Crippen molar-refractivity contribution in [1.82, 2.24) is 19.8 Å². The number of benzene rings is 1. The zero-order valence-electron chi connectivity index (χ0n) is 22.5. The van der Waals surface area contributed by atoms with Crippen molar-refractivity contribution in [3.63, 3.8) is 0 Å². The van der Waals surface area contributed by atoms with E-state index in [9.17, 15) is 22.8 Å². The second-order valence-corrected chi connectivity index (χ2v) is 10.3. The Morgan fingerprint density at radius 3 is 2.37 bits per heavy atom. The molecule has 11 heteroatoms. The highest BCUT2D eigenvalue weighted by Gasteiger charge is 2.35. The van der Waals surface area contributed by atoms with Crippen molar-refractivity contribution in [2.75, 3.05) is 43.9 Å². The molecule has 41 heavy (non-hydrogen) atoms. The minimum Gasteiger partial charge on any atom is -0.310 e. The molecular weight excluding hydrogens is 533 g/mol. The molecule has 1 saturated carbocycles. The van der Waals surface area contributed by atoms with Crippen LogP contribution in [0.3, 0.4) is 0 Å². The van der Waals surface area contributed by atoms with Gasteiger partial charge in [-0.3, -0.25) is 14.5 Å². The van der Waals surface area contributed by atoms with Crippen molar-refractivity contribution in [3.8, 4) is 11.8 Å². The van der Waals surface area contributed by atoms with E-state index in [4.69, 9.17) is 0 Å². The van der Waals surface area contributed by atoms with Crippen molar-refractivity contribution >= 4 is 23.5 Å². The molecule has 0 unspecified atom stereocenters. The number of hydrogen-bond acceptors (Lipinski definition) is 6. The van der Waals surface area contributed by atoms with Crippen molar-refractivity contribution < 1.29 is 22.8 Å². The molecule has 0 bridgehead atoms. The molecule has 3 aromatic rings. The smallest absolute Gasteiger partial charge is 0.310 e. The van der Waals surface area contributed by atoms with Gasteiger partial charge < -0.3 is 15.5 Å². The lowest BCUT2D eigenvalue weighted by molar-refractivity contribution is -0.138. The summed E-state index contributed by atoms with van der Waals surface area (Å²) in [5.74, 6) is 5.88. The first-order valence-electron chi connectivity index (χ1n) is 13.3. The number of rotatable bonds is 6. The molecule has 1 saturated heterocycles. The molecule has 2 N–H and O–H groups in total. The number of nitrogens with zero attached hydrogens (tertiary/aromatic N) is 4. The van der Waals surface area contributed by atoms with E-state index >= 15 is 0 Å². The van der Waals surface area contributed by atoms with Gasteiger partial charge in [0.2, 0.25) is 5.91 Å². The van der Waals surface area contributed by atoms with E-state index in [1.807, 2.05) is 11.9 Å². The van der Waals surface area contributed by atoms with Crippen LogP contribution in [0.5, 0.6) is 0 Å². The molecule has 1 aromatic carbocycles. The highest BCUT2D eigenvalue weighted by atomic mass is 19.4. The molecule has 1 aliphatic carbocycles. The number of piperazine rings is 1. The van der Waals surface area contributed by atoms with E-state index in [1.54, 1.807) is 24.4 Å². The first-order valence-corrected chi connectivity index (χ1v) is 13.3. The predicted molar refractivity (Wildman–Crippen MR) is 148 cm³/mol. The molecule has 2 fully saturated rings. The van der Waals surface area contributed by atoms with Gasteiger partial charge in [0.1, 0.15) is 11.6 Å². The fraction of sp³-hybridized carbons (Fsp3) is 0.333. The molecule has 3 heterocycles. The zero-order valence-corrected chi connectivity index (χ0v) is 22.5. The first kappa shape index (κ1) is 28.3. The third kappa shape index (κ3) is 7.68. The summed E-state index contributed by atoms with van der Waals surface area (Å²) in [4.78, 5) is 37.2. The summed E-state index contributed by atoms with van der Waals surface area (Å²) in [7, 11) is 1.98. The maximum atomic E-state index is 13.9. The molecule has 1 aliphatic heterocycles. The second-order valence-electron chi connectivity index (χ2n) is 10.3. The van der Waals surface area contributed by atoms with Gasteiger partial charge in [-0.15, -0.1) is 0 Å². The van der Waals surface area contributed by atoms with E-state index in [0.717, 1.165) is 32.0 Å². The number of pyridine rings is 2. The average Bonchev–Trinajstić information content (AvgIpc) is 3.80. The SMILES string of the molecule is CN1CCN(Cc2ccc(C(=O)Nc3cc(C#Cc4ccc(NC(=O)C5CC5)nc4)ccn3)cc2C(F)(F)F)CC1. The van der Waals surface area contributed by atoms with Gasteiger partial charge in [-0.1, -0.05) is 17.9 Å². The molecule has 0 radical (unpaired) electrons. The lowest BCUT2D eigenvalue weighted by atomic mass is 10.0. The normalized spacial score (nSPS) is 16.0. The summed E-state index contributed by atoms with van der Waals surface area (Å²) in [5.41, 5.74) is 0.371. The lowest BCUT2D eigenvalue weighted by Crippen LogP contribution is -2.44. The largest absolute Gasteiger partial charge is 0.416 e. The number of nitrogens with one attached hydrogen (secondary N) is 2. The summed E-state index contributed by atoms with van der Waals surface area (Å²) in [6.45, 7) is 3.12. The van der Waals surface area contributed by atoms with Crippen molar-refractivity contribution in [1.29, 1.82) is 0 Å². The van der Waals surface area contributed by atoms with E-state index in [1.165, 1.54) is 24.4 Å². The second kappa shape index (κ2) is 12.1. The van der Waals surface area contributed by atoms with Gasteiger partial charge in [-0.05, 0) is 61.9 Å². The number of anilines is 2. The Bertz CT molecular complexity index is 1480. The Hall–Kier alpha value is -4.27. The van der Waals surface area contributed by atoms with Crippen LogP contribution in [0.2, 0.25) is 0 Å². The van der Waals surface area contributed by atoms with E-state index in [-0.39, 0.29) is 35.3 Å². The Balaban J connectivity index is 1.25. The summed E-state index contributed by atoms with van der Waals surface area (Å²) < 4.78 is 41.7. The molecule has 212 valence electrons. The summed E-state index contributed by atoms with van der Waals surface area (Å²) >= 11 is 0. The van der Waals surface area contributed by atoms with Crippen LogP contribution in [0.4, 0.5) is 24.8 Å². The van der Waals surface area contributed by atoms with E-state index in [2.05, 4.69) is 37.3 Å². The number of halogens is 3.